The van der Waals surface area contributed by atoms with Crippen molar-refractivity contribution in [1.29, 1.82) is 0 Å². The summed E-state index contributed by atoms with van der Waals surface area (Å²) in [5, 5.41) is 0.280. The van der Waals surface area contributed by atoms with E-state index < -0.39 is 0 Å². The van der Waals surface area contributed by atoms with Gasteiger partial charge in [0, 0.05) is 0 Å². The molecule has 0 aliphatic carbocycles. The summed E-state index contributed by atoms with van der Waals surface area (Å²) in [7, 11) is 0. The first-order valence-electron chi connectivity index (χ1n) is 9.99. The minimum atomic E-state index is -0.262. The van der Waals surface area contributed by atoms with E-state index in [1.54, 1.807) is 0 Å². The maximum Gasteiger partial charge on any atom is 0.168 e. The van der Waals surface area contributed by atoms with Crippen LogP contribution >= 0.6 is 35.3 Å². The van der Waals surface area contributed by atoms with Crippen LogP contribution in [0, 0.1) is 0 Å². The number of hydrogen-bond donors (Lipinski definition) is 0. The molecule has 0 bridgehead atoms. The Hall–Kier alpha value is -0.910. The van der Waals surface area contributed by atoms with E-state index in [9.17, 15) is 0 Å². The highest BCUT2D eigenvalue weighted by Gasteiger charge is 2.59. The van der Waals surface area contributed by atoms with E-state index >= 15 is 0 Å². The van der Waals surface area contributed by atoms with Gasteiger partial charge in [-0.2, -0.15) is 0 Å². The summed E-state index contributed by atoms with van der Waals surface area (Å²) in [6.07, 6.45) is 0.151. The van der Waals surface area contributed by atoms with Crippen LogP contribution < -0.4 is 9.47 Å². The average molecular weight is 431 g/mol. The Morgan fingerprint density at radius 1 is 0.857 bits per heavy atom. The normalized spacial score (nSPS) is 30.2. The zero-order valence-corrected chi connectivity index (χ0v) is 19.3. The minimum Gasteiger partial charge on any atom is -0.486 e. The molecule has 148 valence electrons. The molecule has 3 aliphatic heterocycles. The van der Waals surface area contributed by atoms with Gasteiger partial charge in [0.25, 0.3) is 0 Å². The quantitative estimate of drug-likeness (QED) is 0.503. The monoisotopic (exact) mass is 430 g/mol. The lowest BCUT2D eigenvalue weighted by Crippen LogP contribution is -2.45. The molecule has 5 rings (SSSR count). The molecule has 28 heavy (non-hydrogen) atoms. The summed E-state index contributed by atoms with van der Waals surface area (Å²) >= 11 is 5.83. The highest BCUT2D eigenvalue weighted by Crippen LogP contribution is 2.62. The van der Waals surface area contributed by atoms with E-state index in [4.69, 9.17) is 9.47 Å². The lowest BCUT2D eigenvalue weighted by atomic mass is 10.0. The summed E-state index contributed by atoms with van der Waals surface area (Å²) in [5.74, 6) is 3.10. The van der Waals surface area contributed by atoms with Gasteiger partial charge in [-0.15, -0.1) is 23.5 Å². The molecule has 0 saturated carbocycles. The van der Waals surface area contributed by atoms with Crippen molar-refractivity contribution in [2.45, 2.75) is 77.1 Å². The predicted molar refractivity (Wildman–Crippen MR) is 121 cm³/mol. The summed E-state index contributed by atoms with van der Waals surface area (Å²) < 4.78 is 13.5. The first-order chi connectivity index (χ1) is 13.3. The van der Waals surface area contributed by atoms with Gasteiger partial charge in [-0.05, 0) is 54.2 Å². The number of hydrogen-bond acceptors (Lipinski definition) is 5. The molecule has 0 N–H and O–H groups in total. The molecule has 1 saturated heterocycles. The van der Waals surface area contributed by atoms with Crippen molar-refractivity contribution >= 4 is 35.3 Å². The standard InChI is InChI=1S/C23H26O2S3/c1-12(2)14-6-8-16-18(10-14)27-22-20(24-16)21-23(5,28-22)25-17-9-7-15(13(3)4)11-19(17)26-21/h6-13,20-22H,1-5H3/t20-,21+,22+,23-/m1/s1. The molecule has 3 aliphatic rings. The fourth-order valence-corrected chi connectivity index (χ4v) is 9.18. The zero-order chi connectivity index (χ0) is 19.6. The lowest BCUT2D eigenvalue weighted by molar-refractivity contribution is 0.121. The molecular formula is C23H26O2S3. The van der Waals surface area contributed by atoms with Crippen LogP contribution in [-0.2, 0) is 0 Å². The third kappa shape index (κ3) is 3.05. The fraction of sp³-hybridized carbons (Fsp3) is 0.478. The summed E-state index contributed by atoms with van der Waals surface area (Å²) in [6.45, 7) is 11.2. The maximum absolute atomic E-state index is 6.58. The van der Waals surface area contributed by atoms with Crippen LogP contribution in [-0.4, -0.2) is 20.9 Å². The fourth-order valence-electron chi connectivity index (χ4n) is 4.03. The summed E-state index contributed by atoms with van der Waals surface area (Å²) in [6, 6.07) is 13.3. The molecule has 2 nitrogen and oxygen atoms in total. The Morgan fingerprint density at radius 2 is 1.46 bits per heavy atom. The molecule has 3 heterocycles. The summed E-state index contributed by atoms with van der Waals surface area (Å²) in [5.41, 5.74) is 2.74. The largest absolute Gasteiger partial charge is 0.486 e. The number of thioether (sulfide) groups is 3. The van der Waals surface area contributed by atoms with E-state index in [1.165, 1.54) is 20.9 Å². The molecule has 0 radical (unpaired) electrons. The molecular weight excluding hydrogens is 404 g/mol. The first-order valence-corrected chi connectivity index (χ1v) is 12.6. The minimum absolute atomic E-state index is 0.151. The number of rotatable bonds is 2. The second-order valence-electron chi connectivity index (χ2n) is 8.56. The molecule has 2 aromatic rings. The first kappa shape index (κ1) is 19.1. The molecule has 0 spiro atoms. The van der Waals surface area contributed by atoms with Gasteiger partial charge >= 0.3 is 0 Å². The zero-order valence-electron chi connectivity index (χ0n) is 16.9. The average Bonchev–Trinajstić information content (AvgIpc) is 2.93. The number of benzene rings is 2. The van der Waals surface area contributed by atoms with Gasteiger partial charge in [0.2, 0.25) is 0 Å². The van der Waals surface area contributed by atoms with Crippen molar-refractivity contribution in [1.82, 2.24) is 0 Å². The topological polar surface area (TPSA) is 18.5 Å². The highest BCUT2D eigenvalue weighted by molar-refractivity contribution is 8.18. The van der Waals surface area contributed by atoms with E-state index in [1.807, 2.05) is 35.3 Å². The lowest BCUT2D eigenvalue weighted by Gasteiger charge is -2.38. The van der Waals surface area contributed by atoms with E-state index in [0.717, 1.165) is 11.5 Å². The van der Waals surface area contributed by atoms with Crippen molar-refractivity contribution in [2.24, 2.45) is 0 Å². The highest BCUT2D eigenvalue weighted by atomic mass is 32.2. The molecule has 4 atom stereocenters. The van der Waals surface area contributed by atoms with Crippen LogP contribution in [0.2, 0.25) is 0 Å². The van der Waals surface area contributed by atoms with Gasteiger partial charge in [0.1, 0.15) is 17.6 Å². The van der Waals surface area contributed by atoms with Crippen molar-refractivity contribution in [2.75, 3.05) is 0 Å². The van der Waals surface area contributed by atoms with Gasteiger partial charge in [0.05, 0.1) is 19.6 Å². The smallest absolute Gasteiger partial charge is 0.168 e. The molecule has 0 unspecified atom stereocenters. The number of ether oxygens (including phenoxy) is 2. The third-order valence-electron chi connectivity index (χ3n) is 5.78. The van der Waals surface area contributed by atoms with E-state index in [0.29, 0.717) is 16.4 Å². The molecule has 0 aromatic heterocycles. The summed E-state index contributed by atoms with van der Waals surface area (Å²) in [4.78, 5) is 2.26. The van der Waals surface area contributed by atoms with Gasteiger partial charge in [-0.1, -0.05) is 51.6 Å². The Morgan fingerprint density at radius 3 is 2.11 bits per heavy atom. The van der Waals surface area contributed by atoms with E-state index in [2.05, 4.69) is 71.0 Å². The maximum atomic E-state index is 6.58. The predicted octanol–water partition coefficient (Wildman–Crippen LogP) is 7.13. The van der Waals surface area contributed by atoms with Gasteiger partial charge in [0.15, 0.2) is 4.93 Å². The van der Waals surface area contributed by atoms with Gasteiger partial charge in [-0.25, -0.2) is 0 Å². The van der Waals surface area contributed by atoms with Crippen LogP contribution in [0.5, 0.6) is 11.5 Å². The van der Waals surface area contributed by atoms with Gasteiger partial charge < -0.3 is 9.47 Å². The Bertz CT molecular complexity index is 926. The molecule has 1 fully saturated rings. The second kappa shape index (κ2) is 6.82. The van der Waals surface area contributed by atoms with Crippen molar-refractivity contribution < 1.29 is 9.47 Å². The van der Waals surface area contributed by atoms with Crippen molar-refractivity contribution in [3.8, 4) is 11.5 Å². The SMILES string of the molecule is CC(C)c1ccc2c(c1)S[C@H]1S[C@@]3(C)Oc4ccc(C(C)C)cc4S[C@H]3[C@H]1O2. The van der Waals surface area contributed by atoms with Crippen LogP contribution in [0.4, 0.5) is 0 Å². The van der Waals surface area contributed by atoms with Crippen LogP contribution in [0.15, 0.2) is 46.2 Å². The molecule has 5 heteroatoms. The molecule has 0 amide bonds. The Kier molecular flexibility index (Phi) is 4.64. The Labute approximate surface area is 180 Å². The van der Waals surface area contributed by atoms with Crippen LogP contribution in [0.3, 0.4) is 0 Å². The van der Waals surface area contributed by atoms with E-state index in [-0.39, 0.29) is 16.3 Å². The Balaban J connectivity index is 1.46. The van der Waals surface area contributed by atoms with Crippen LogP contribution in [0.1, 0.15) is 57.6 Å². The third-order valence-corrected chi connectivity index (χ3v) is 10.4. The van der Waals surface area contributed by atoms with Crippen molar-refractivity contribution in [3.05, 3.63) is 47.5 Å². The number of fused-ring (bicyclic) bond motifs is 5. The molecule has 2 aromatic carbocycles. The van der Waals surface area contributed by atoms with Crippen LogP contribution in [0.25, 0.3) is 0 Å². The van der Waals surface area contributed by atoms with Gasteiger partial charge in [-0.3, -0.25) is 0 Å². The van der Waals surface area contributed by atoms with Crippen molar-refractivity contribution in [3.63, 3.8) is 0 Å². The second-order valence-corrected chi connectivity index (χ2v) is 12.8.